The number of para-hydroxylation sites is 1. The molecule has 168 valence electrons. The number of rotatable bonds is 8. The van der Waals surface area contributed by atoms with E-state index in [2.05, 4.69) is 11.1 Å². The summed E-state index contributed by atoms with van der Waals surface area (Å²) in [6.07, 6.45) is 9.69. The molecule has 0 unspecified atom stereocenters. The first-order chi connectivity index (χ1) is 16.7. The van der Waals surface area contributed by atoms with Crippen LogP contribution in [0.2, 0.25) is 0 Å². The SMILES string of the molecule is CCCN(Cc1ccc(C#N)cc1)C(=O)/C=C/c1cn(-c2ccccc2)nc1-c1cccnc1. The van der Waals surface area contributed by atoms with Crippen LogP contribution in [-0.4, -0.2) is 32.1 Å². The molecule has 0 spiro atoms. The van der Waals surface area contributed by atoms with E-state index in [1.807, 2.05) is 83.4 Å². The molecule has 6 heteroatoms. The van der Waals surface area contributed by atoms with E-state index in [1.54, 1.807) is 30.6 Å². The fourth-order valence-electron chi connectivity index (χ4n) is 3.66. The Morgan fingerprint density at radius 2 is 1.88 bits per heavy atom. The molecule has 0 aliphatic heterocycles. The number of carbonyl (C=O) groups excluding carboxylic acids is 1. The van der Waals surface area contributed by atoms with E-state index in [1.165, 1.54) is 0 Å². The zero-order valence-electron chi connectivity index (χ0n) is 19.0. The van der Waals surface area contributed by atoms with Crippen molar-refractivity contribution in [2.75, 3.05) is 6.54 Å². The number of aromatic nitrogens is 3. The number of benzene rings is 2. The predicted molar refractivity (Wildman–Crippen MR) is 133 cm³/mol. The van der Waals surface area contributed by atoms with Gasteiger partial charge in [0.15, 0.2) is 0 Å². The van der Waals surface area contributed by atoms with Gasteiger partial charge in [-0.2, -0.15) is 10.4 Å². The van der Waals surface area contributed by atoms with E-state index in [4.69, 9.17) is 10.4 Å². The van der Waals surface area contributed by atoms with Gasteiger partial charge in [0, 0.05) is 48.9 Å². The van der Waals surface area contributed by atoms with E-state index < -0.39 is 0 Å². The Kier molecular flexibility index (Phi) is 7.26. The molecule has 0 bridgehead atoms. The van der Waals surface area contributed by atoms with Crippen LogP contribution in [0.5, 0.6) is 0 Å². The summed E-state index contributed by atoms with van der Waals surface area (Å²) in [5, 5.41) is 13.8. The van der Waals surface area contributed by atoms with Crippen molar-refractivity contribution in [3.05, 3.63) is 108 Å². The highest BCUT2D eigenvalue weighted by Gasteiger charge is 2.14. The van der Waals surface area contributed by atoms with Crippen molar-refractivity contribution in [2.24, 2.45) is 0 Å². The minimum Gasteiger partial charge on any atom is -0.335 e. The average Bonchev–Trinajstić information content (AvgIpc) is 3.33. The van der Waals surface area contributed by atoms with Crippen LogP contribution in [0.25, 0.3) is 23.0 Å². The standard InChI is InChI=1S/C28H25N5O/c1-2-17-32(20-23-12-10-22(18-29)11-13-23)27(34)15-14-25-21-33(26-8-4-3-5-9-26)31-28(25)24-7-6-16-30-19-24/h3-16,19,21H,2,17,20H2,1H3/b15-14+. The normalized spacial score (nSPS) is 10.8. The number of hydrogen-bond donors (Lipinski definition) is 0. The van der Waals surface area contributed by atoms with Gasteiger partial charge in [0.25, 0.3) is 0 Å². The van der Waals surface area contributed by atoms with Crippen LogP contribution in [0.15, 0.2) is 91.4 Å². The molecule has 0 saturated carbocycles. The Balaban J connectivity index is 1.60. The van der Waals surface area contributed by atoms with Gasteiger partial charge in [0.2, 0.25) is 5.91 Å². The van der Waals surface area contributed by atoms with Gasteiger partial charge >= 0.3 is 0 Å². The lowest BCUT2D eigenvalue weighted by Crippen LogP contribution is -2.29. The van der Waals surface area contributed by atoms with Crippen LogP contribution in [-0.2, 0) is 11.3 Å². The third-order valence-electron chi connectivity index (χ3n) is 5.37. The summed E-state index contributed by atoms with van der Waals surface area (Å²) in [5.74, 6) is -0.0733. The maximum absolute atomic E-state index is 13.1. The Morgan fingerprint density at radius 3 is 2.56 bits per heavy atom. The Hall–Kier alpha value is -4.50. The van der Waals surface area contributed by atoms with Gasteiger partial charge in [-0.1, -0.05) is 37.3 Å². The van der Waals surface area contributed by atoms with E-state index >= 15 is 0 Å². The summed E-state index contributed by atoms with van der Waals surface area (Å²) < 4.78 is 1.81. The Labute approximate surface area is 199 Å². The van der Waals surface area contributed by atoms with Crippen LogP contribution >= 0.6 is 0 Å². The van der Waals surface area contributed by atoms with E-state index in [-0.39, 0.29) is 5.91 Å². The Bertz CT molecular complexity index is 1300. The highest BCUT2D eigenvalue weighted by atomic mass is 16.2. The molecule has 0 fully saturated rings. The zero-order chi connectivity index (χ0) is 23.8. The van der Waals surface area contributed by atoms with Crippen LogP contribution in [0.4, 0.5) is 0 Å². The van der Waals surface area contributed by atoms with Gasteiger partial charge < -0.3 is 4.90 Å². The number of nitriles is 1. The lowest BCUT2D eigenvalue weighted by molar-refractivity contribution is -0.126. The second-order valence-corrected chi connectivity index (χ2v) is 7.86. The molecule has 4 aromatic rings. The average molecular weight is 448 g/mol. The lowest BCUT2D eigenvalue weighted by atomic mass is 10.1. The zero-order valence-corrected chi connectivity index (χ0v) is 19.0. The molecule has 0 N–H and O–H groups in total. The maximum Gasteiger partial charge on any atom is 0.246 e. The quantitative estimate of drug-likeness (QED) is 0.345. The first-order valence-corrected chi connectivity index (χ1v) is 11.2. The fourth-order valence-corrected chi connectivity index (χ4v) is 3.66. The summed E-state index contributed by atoms with van der Waals surface area (Å²) in [6, 6.07) is 23.1. The molecule has 0 radical (unpaired) electrons. The monoisotopic (exact) mass is 447 g/mol. The molecular weight excluding hydrogens is 422 g/mol. The number of carbonyl (C=O) groups is 1. The third-order valence-corrected chi connectivity index (χ3v) is 5.37. The molecule has 34 heavy (non-hydrogen) atoms. The van der Waals surface area contributed by atoms with Crippen LogP contribution in [0.1, 0.15) is 30.0 Å². The molecule has 1 amide bonds. The van der Waals surface area contributed by atoms with Crippen molar-refractivity contribution >= 4 is 12.0 Å². The minimum absolute atomic E-state index is 0.0733. The molecule has 6 nitrogen and oxygen atoms in total. The summed E-state index contributed by atoms with van der Waals surface area (Å²) in [4.78, 5) is 19.1. The molecule has 2 aromatic heterocycles. The molecule has 4 rings (SSSR count). The van der Waals surface area contributed by atoms with Gasteiger partial charge in [-0.25, -0.2) is 4.68 Å². The summed E-state index contributed by atoms with van der Waals surface area (Å²) in [6.45, 7) is 3.18. The van der Waals surface area contributed by atoms with Gasteiger partial charge in [-0.05, 0) is 54.5 Å². The largest absolute Gasteiger partial charge is 0.335 e. The van der Waals surface area contributed by atoms with Gasteiger partial charge in [-0.3, -0.25) is 9.78 Å². The van der Waals surface area contributed by atoms with Crippen molar-refractivity contribution in [3.8, 4) is 23.0 Å². The number of pyridine rings is 1. The van der Waals surface area contributed by atoms with Crippen molar-refractivity contribution in [3.63, 3.8) is 0 Å². The molecule has 2 aromatic carbocycles. The molecule has 0 saturated heterocycles. The molecular formula is C28H25N5O. The fraction of sp³-hybridized carbons (Fsp3) is 0.143. The van der Waals surface area contributed by atoms with Gasteiger partial charge in [0.1, 0.15) is 5.69 Å². The third kappa shape index (κ3) is 5.45. The summed E-state index contributed by atoms with van der Waals surface area (Å²) in [7, 11) is 0. The van der Waals surface area contributed by atoms with E-state index in [0.29, 0.717) is 18.7 Å². The number of nitrogens with zero attached hydrogens (tertiary/aromatic N) is 5. The Morgan fingerprint density at radius 1 is 1.09 bits per heavy atom. The van der Waals surface area contributed by atoms with Crippen molar-refractivity contribution in [1.29, 1.82) is 5.26 Å². The van der Waals surface area contributed by atoms with Crippen LogP contribution < -0.4 is 0 Å². The second-order valence-electron chi connectivity index (χ2n) is 7.86. The molecule has 0 aliphatic rings. The smallest absolute Gasteiger partial charge is 0.246 e. The van der Waals surface area contributed by atoms with Gasteiger partial charge in [0.05, 0.1) is 17.3 Å². The second kappa shape index (κ2) is 10.9. The first kappa shape index (κ1) is 22.7. The highest BCUT2D eigenvalue weighted by molar-refractivity contribution is 5.92. The van der Waals surface area contributed by atoms with E-state index in [9.17, 15) is 4.79 Å². The molecule has 0 atom stereocenters. The minimum atomic E-state index is -0.0733. The lowest BCUT2D eigenvalue weighted by Gasteiger charge is -2.20. The van der Waals surface area contributed by atoms with Crippen molar-refractivity contribution < 1.29 is 4.79 Å². The summed E-state index contributed by atoms with van der Waals surface area (Å²) >= 11 is 0. The number of amides is 1. The number of hydrogen-bond acceptors (Lipinski definition) is 4. The van der Waals surface area contributed by atoms with Crippen LogP contribution in [0.3, 0.4) is 0 Å². The first-order valence-electron chi connectivity index (χ1n) is 11.2. The molecule has 2 heterocycles. The summed E-state index contributed by atoms with van der Waals surface area (Å²) in [5.41, 5.74) is 5.01. The van der Waals surface area contributed by atoms with E-state index in [0.717, 1.165) is 34.5 Å². The maximum atomic E-state index is 13.1. The predicted octanol–water partition coefficient (Wildman–Crippen LogP) is 5.26. The molecule has 0 aliphatic carbocycles. The highest BCUT2D eigenvalue weighted by Crippen LogP contribution is 2.24. The van der Waals surface area contributed by atoms with Crippen LogP contribution in [0, 0.1) is 11.3 Å². The van der Waals surface area contributed by atoms with Crippen molar-refractivity contribution in [1.82, 2.24) is 19.7 Å². The van der Waals surface area contributed by atoms with Crippen molar-refractivity contribution in [2.45, 2.75) is 19.9 Å². The topological polar surface area (TPSA) is 74.8 Å². The van der Waals surface area contributed by atoms with Gasteiger partial charge in [-0.15, -0.1) is 0 Å².